The molecule has 0 heterocycles. The molecule has 3 unspecified atom stereocenters. The maximum Gasteiger partial charge on any atom is 0.309 e. The van der Waals surface area contributed by atoms with E-state index in [1.165, 1.54) is 6.92 Å². The third-order valence-electron chi connectivity index (χ3n) is 5.95. The number of esters is 2. The van der Waals surface area contributed by atoms with Crippen molar-refractivity contribution >= 4 is 23.9 Å². The van der Waals surface area contributed by atoms with Crippen LogP contribution in [0.25, 0.3) is 0 Å². The molecule has 8 heteroatoms. The number of ether oxygens (including phenoxy) is 2. The van der Waals surface area contributed by atoms with Crippen molar-refractivity contribution in [3.8, 4) is 0 Å². The quantitative estimate of drug-likeness (QED) is 0.175. The summed E-state index contributed by atoms with van der Waals surface area (Å²) in [6, 6.07) is 0. The number of hydrogen-bond donors (Lipinski definition) is 2. The smallest absolute Gasteiger partial charge is 0.309 e. The second-order valence-electron chi connectivity index (χ2n) is 10.1. The van der Waals surface area contributed by atoms with E-state index in [1.54, 1.807) is 0 Å². The molecule has 0 radical (unpaired) electrons. The first-order chi connectivity index (χ1) is 16.0. The van der Waals surface area contributed by atoms with Crippen LogP contribution in [0.3, 0.4) is 0 Å². The molecule has 0 aromatic carbocycles. The first-order valence-corrected chi connectivity index (χ1v) is 12.7. The molecular weight excluding hydrogens is 440 g/mol. The Hall–Kier alpha value is -2.12. The number of unbranched alkanes of at least 4 members (excludes halogenated alkanes) is 4. The minimum Gasteiger partial charge on any atom is -0.481 e. The van der Waals surface area contributed by atoms with Gasteiger partial charge in [0.05, 0.1) is 37.4 Å². The van der Waals surface area contributed by atoms with Gasteiger partial charge in [-0.15, -0.1) is 0 Å². The van der Waals surface area contributed by atoms with Crippen LogP contribution in [0.1, 0.15) is 98.8 Å². The number of carboxylic acid groups (broad SMARTS) is 2. The summed E-state index contributed by atoms with van der Waals surface area (Å²) >= 11 is 0. The minimum absolute atomic E-state index is 0.185. The zero-order valence-electron chi connectivity index (χ0n) is 21.7. The van der Waals surface area contributed by atoms with Gasteiger partial charge in [-0.3, -0.25) is 19.2 Å². The molecule has 0 rings (SSSR count). The van der Waals surface area contributed by atoms with E-state index in [9.17, 15) is 29.4 Å². The fraction of sp³-hybridized carbons (Fsp3) is 0.846. The fourth-order valence-corrected chi connectivity index (χ4v) is 3.66. The van der Waals surface area contributed by atoms with Crippen molar-refractivity contribution in [2.24, 2.45) is 29.6 Å². The monoisotopic (exact) mass is 486 g/mol. The maximum absolute atomic E-state index is 12.7. The predicted molar refractivity (Wildman–Crippen MR) is 129 cm³/mol. The van der Waals surface area contributed by atoms with E-state index in [0.717, 1.165) is 44.9 Å². The van der Waals surface area contributed by atoms with Crippen molar-refractivity contribution in [2.45, 2.75) is 98.8 Å². The maximum atomic E-state index is 12.7. The van der Waals surface area contributed by atoms with Crippen LogP contribution < -0.4 is 0 Å². The second kappa shape index (κ2) is 18.2. The van der Waals surface area contributed by atoms with Gasteiger partial charge < -0.3 is 19.7 Å². The van der Waals surface area contributed by atoms with Crippen molar-refractivity contribution in [1.29, 1.82) is 0 Å². The Morgan fingerprint density at radius 1 is 0.676 bits per heavy atom. The molecule has 2 N–H and O–H groups in total. The average Bonchev–Trinajstić information content (AvgIpc) is 2.74. The number of aliphatic carboxylic acids is 2. The second-order valence-corrected chi connectivity index (χ2v) is 10.1. The normalized spacial score (nSPS) is 14.0. The SMILES string of the molecule is CC(C)CCCCCOC(=O)CC(CC(C(=O)O)C(C)C(=O)O)C(=O)OCCCCCC(C)C. The molecule has 3 atom stereocenters. The first-order valence-electron chi connectivity index (χ1n) is 12.7. The van der Waals surface area contributed by atoms with E-state index in [-0.39, 0.29) is 26.1 Å². The highest BCUT2D eigenvalue weighted by Gasteiger charge is 2.36. The summed E-state index contributed by atoms with van der Waals surface area (Å²) in [5, 5.41) is 18.8. The molecule has 0 aliphatic heterocycles. The third-order valence-corrected chi connectivity index (χ3v) is 5.95. The molecule has 0 fully saturated rings. The molecular formula is C26H46O8. The summed E-state index contributed by atoms with van der Waals surface area (Å²) in [4.78, 5) is 48.0. The van der Waals surface area contributed by atoms with Gasteiger partial charge in [0.2, 0.25) is 0 Å². The van der Waals surface area contributed by atoms with Gasteiger partial charge in [-0.1, -0.05) is 73.1 Å². The number of carbonyl (C=O) groups excluding carboxylic acids is 2. The first kappa shape index (κ1) is 31.9. The molecule has 0 bridgehead atoms. The molecule has 0 saturated carbocycles. The Kier molecular flexibility index (Phi) is 17.1. The van der Waals surface area contributed by atoms with E-state index in [2.05, 4.69) is 27.7 Å². The Morgan fingerprint density at radius 2 is 1.18 bits per heavy atom. The zero-order chi connectivity index (χ0) is 26.1. The number of hydrogen-bond acceptors (Lipinski definition) is 6. The fourth-order valence-electron chi connectivity index (χ4n) is 3.66. The Balaban J connectivity index is 4.88. The van der Waals surface area contributed by atoms with Crippen LogP contribution in [0.4, 0.5) is 0 Å². The molecule has 0 spiro atoms. The lowest BCUT2D eigenvalue weighted by molar-refractivity contribution is -0.160. The van der Waals surface area contributed by atoms with Crippen LogP contribution in [0.2, 0.25) is 0 Å². The van der Waals surface area contributed by atoms with E-state index < -0.39 is 41.6 Å². The summed E-state index contributed by atoms with van der Waals surface area (Å²) in [5.41, 5.74) is 0. The summed E-state index contributed by atoms with van der Waals surface area (Å²) in [5.74, 6) is -6.22. The molecule has 0 aliphatic carbocycles. The highest BCUT2D eigenvalue weighted by Crippen LogP contribution is 2.25. The standard InChI is InChI=1S/C26H46O8/c1-18(2)12-8-6-10-14-33-23(27)17-21(16-22(25(30)31)20(5)24(28)29)26(32)34-15-11-7-9-13-19(3)4/h18-22H,6-17H2,1-5H3,(H,28,29)(H,30,31). The Bertz CT molecular complexity index is 614. The highest BCUT2D eigenvalue weighted by atomic mass is 16.5. The molecule has 198 valence electrons. The number of carbonyl (C=O) groups is 4. The van der Waals surface area contributed by atoms with Crippen molar-refractivity contribution in [1.82, 2.24) is 0 Å². The Labute approximate surface area is 204 Å². The molecule has 0 saturated heterocycles. The number of rotatable bonds is 20. The van der Waals surface area contributed by atoms with Crippen LogP contribution in [-0.2, 0) is 28.7 Å². The molecule has 0 aromatic heterocycles. The van der Waals surface area contributed by atoms with Crippen molar-refractivity contribution in [2.75, 3.05) is 13.2 Å². The van der Waals surface area contributed by atoms with Crippen molar-refractivity contribution in [3.63, 3.8) is 0 Å². The largest absolute Gasteiger partial charge is 0.481 e. The lowest BCUT2D eigenvalue weighted by Crippen LogP contribution is -2.33. The molecule has 0 aromatic rings. The molecule has 0 amide bonds. The van der Waals surface area contributed by atoms with E-state index >= 15 is 0 Å². The van der Waals surface area contributed by atoms with Gasteiger partial charge in [0, 0.05) is 0 Å². The third kappa shape index (κ3) is 15.7. The summed E-state index contributed by atoms with van der Waals surface area (Å²) < 4.78 is 10.6. The van der Waals surface area contributed by atoms with Crippen LogP contribution in [0.5, 0.6) is 0 Å². The van der Waals surface area contributed by atoms with Gasteiger partial charge in [-0.05, 0) is 31.1 Å². The zero-order valence-corrected chi connectivity index (χ0v) is 21.7. The van der Waals surface area contributed by atoms with Crippen molar-refractivity contribution < 1.29 is 38.9 Å². The molecule has 34 heavy (non-hydrogen) atoms. The van der Waals surface area contributed by atoms with Crippen LogP contribution in [-0.4, -0.2) is 47.3 Å². The summed E-state index contributed by atoms with van der Waals surface area (Å²) in [7, 11) is 0. The van der Waals surface area contributed by atoms with Gasteiger partial charge in [-0.2, -0.15) is 0 Å². The Morgan fingerprint density at radius 3 is 1.62 bits per heavy atom. The van der Waals surface area contributed by atoms with E-state index in [0.29, 0.717) is 18.3 Å². The van der Waals surface area contributed by atoms with Crippen LogP contribution >= 0.6 is 0 Å². The lowest BCUT2D eigenvalue weighted by Gasteiger charge is -2.22. The topological polar surface area (TPSA) is 127 Å². The van der Waals surface area contributed by atoms with Gasteiger partial charge >= 0.3 is 23.9 Å². The summed E-state index contributed by atoms with van der Waals surface area (Å²) in [6.07, 6.45) is 6.90. The molecule has 8 nitrogen and oxygen atoms in total. The number of carboxylic acids is 2. The molecule has 0 aliphatic rings. The lowest BCUT2D eigenvalue weighted by atomic mass is 9.84. The highest BCUT2D eigenvalue weighted by molar-refractivity contribution is 5.83. The predicted octanol–water partition coefficient (Wildman–Crippen LogP) is 5.32. The van der Waals surface area contributed by atoms with Crippen LogP contribution in [0, 0.1) is 29.6 Å². The van der Waals surface area contributed by atoms with Crippen LogP contribution in [0.15, 0.2) is 0 Å². The van der Waals surface area contributed by atoms with Crippen molar-refractivity contribution in [3.05, 3.63) is 0 Å². The summed E-state index contributed by atoms with van der Waals surface area (Å²) in [6.45, 7) is 10.3. The van der Waals surface area contributed by atoms with Gasteiger partial charge in [0.1, 0.15) is 0 Å². The minimum atomic E-state index is -1.32. The van der Waals surface area contributed by atoms with Gasteiger partial charge in [-0.25, -0.2) is 0 Å². The van der Waals surface area contributed by atoms with Gasteiger partial charge in [0.15, 0.2) is 0 Å². The van der Waals surface area contributed by atoms with E-state index in [4.69, 9.17) is 9.47 Å². The average molecular weight is 487 g/mol. The van der Waals surface area contributed by atoms with E-state index in [1.807, 2.05) is 0 Å². The van der Waals surface area contributed by atoms with Gasteiger partial charge in [0.25, 0.3) is 0 Å².